The van der Waals surface area contributed by atoms with Crippen molar-refractivity contribution in [2.75, 3.05) is 13.2 Å². The lowest BCUT2D eigenvalue weighted by Gasteiger charge is -2.11. The van der Waals surface area contributed by atoms with Crippen LogP contribution in [-0.4, -0.2) is 30.7 Å². The number of aliphatic hydroxyl groups excluding tert-OH is 1. The Balaban J connectivity index is 1.87. The Labute approximate surface area is 92.8 Å². The molecule has 1 saturated heterocycles. The molecule has 0 aromatic rings. The molecule has 1 heterocycles. The van der Waals surface area contributed by atoms with E-state index in [2.05, 4.69) is 6.92 Å². The summed E-state index contributed by atoms with van der Waals surface area (Å²) < 4.78 is 10.7. The van der Waals surface area contributed by atoms with Gasteiger partial charge in [0.25, 0.3) is 0 Å². The van der Waals surface area contributed by atoms with Gasteiger partial charge in [-0.3, -0.25) is 0 Å². The molecule has 1 atom stereocenters. The molecule has 3 heteroatoms. The monoisotopic (exact) mass is 216 g/mol. The first-order chi connectivity index (χ1) is 7.33. The molecule has 1 unspecified atom stereocenters. The molecule has 0 aromatic heterocycles. The molecule has 1 rings (SSSR count). The molecule has 1 aliphatic heterocycles. The van der Waals surface area contributed by atoms with Crippen LogP contribution in [0.1, 0.15) is 51.9 Å². The van der Waals surface area contributed by atoms with E-state index in [0.29, 0.717) is 0 Å². The first-order valence-corrected chi connectivity index (χ1v) is 6.24. The quantitative estimate of drug-likeness (QED) is 0.633. The number of unbranched alkanes of at least 4 members (excludes halogenated alkanes) is 2. The highest BCUT2D eigenvalue weighted by Crippen LogP contribution is 2.14. The Morgan fingerprint density at radius 3 is 2.47 bits per heavy atom. The Morgan fingerprint density at radius 2 is 1.80 bits per heavy atom. The minimum atomic E-state index is -0.102. The summed E-state index contributed by atoms with van der Waals surface area (Å²) >= 11 is 0. The summed E-state index contributed by atoms with van der Waals surface area (Å²) in [5.74, 6) is 0. The fraction of sp³-hybridized carbons (Fsp3) is 1.00. The van der Waals surface area contributed by atoms with Gasteiger partial charge >= 0.3 is 0 Å². The van der Waals surface area contributed by atoms with Crippen molar-refractivity contribution in [2.45, 2.75) is 64.3 Å². The van der Waals surface area contributed by atoms with Gasteiger partial charge in [0.05, 0.1) is 19.3 Å². The van der Waals surface area contributed by atoms with Crippen molar-refractivity contribution >= 4 is 0 Å². The summed E-state index contributed by atoms with van der Waals surface area (Å²) in [6, 6.07) is 0. The van der Waals surface area contributed by atoms with Gasteiger partial charge < -0.3 is 14.6 Å². The molecule has 0 amide bonds. The second kappa shape index (κ2) is 8.08. The van der Waals surface area contributed by atoms with Crippen LogP contribution in [0, 0.1) is 0 Å². The van der Waals surface area contributed by atoms with Crippen LogP contribution in [0.2, 0.25) is 0 Å². The second-order valence-corrected chi connectivity index (χ2v) is 4.25. The van der Waals surface area contributed by atoms with Crippen molar-refractivity contribution in [1.29, 1.82) is 0 Å². The van der Waals surface area contributed by atoms with Crippen LogP contribution in [0.3, 0.4) is 0 Å². The molecule has 15 heavy (non-hydrogen) atoms. The van der Waals surface area contributed by atoms with E-state index in [9.17, 15) is 5.11 Å². The fourth-order valence-corrected chi connectivity index (χ4v) is 1.85. The zero-order chi connectivity index (χ0) is 10.9. The molecule has 1 N–H and O–H groups in total. The van der Waals surface area contributed by atoms with Gasteiger partial charge in [0.2, 0.25) is 0 Å². The lowest BCUT2D eigenvalue weighted by Crippen LogP contribution is -2.09. The maximum Gasteiger partial charge on any atom is 0.157 e. The molecule has 0 bridgehead atoms. The summed E-state index contributed by atoms with van der Waals surface area (Å²) in [6.45, 7) is 3.63. The van der Waals surface area contributed by atoms with E-state index >= 15 is 0 Å². The smallest absolute Gasteiger partial charge is 0.157 e. The average Bonchev–Trinajstić information content (AvgIpc) is 2.74. The number of aliphatic hydroxyl groups is 1. The van der Waals surface area contributed by atoms with E-state index in [-0.39, 0.29) is 12.4 Å². The van der Waals surface area contributed by atoms with Crippen molar-refractivity contribution in [3.05, 3.63) is 0 Å². The van der Waals surface area contributed by atoms with Crippen molar-refractivity contribution in [3.8, 4) is 0 Å². The van der Waals surface area contributed by atoms with Crippen molar-refractivity contribution in [2.24, 2.45) is 0 Å². The predicted octanol–water partition coefficient (Wildman–Crippen LogP) is 2.47. The standard InChI is InChI=1S/C12H24O3/c1-2-3-6-11(13)7-4-5-8-12-14-9-10-15-12/h11-13H,2-10H2,1H3. The highest BCUT2D eigenvalue weighted by molar-refractivity contribution is 4.58. The van der Waals surface area contributed by atoms with E-state index < -0.39 is 0 Å². The van der Waals surface area contributed by atoms with E-state index in [1.54, 1.807) is 0 Å². The largest absolute Gasteiger partial charge is 0.393 e. The third-order valence-electron chi connectivity index (χ3n) is 2.81. The third-order valence-corrected chi connectivity index (χ3v) is 2.81. The molecular formula is C12H24O3. The zero-order valence-corrected chi connectivity index (χ0v) is 9.78. The van der Waals surface area contributed by atoms with Gasteiger partial charge in [-0.05, 0) is 25.7 Å². The van der Waals surface area contributed by atoms with Crippen LogP contribution < -0.4 is 0 Å². The first kappa shape index (κ1) is 12.9. The Kier molecular flexibility index (Phi) is 6.98. The highest BCUT2D eigenvalue weighted by Gasteiger charge is 2.15. The minimum Gasteiger partial charge on any atom is -0.393 e. The topological polar surface area (TPSA) is 38.7 Å². The fourth-order valence-electron chi connectivity index (χ4n) is 1.85. The summed E-state index contributed by atoms with van der Waals surface area (Å²) in [5.41, 5.74) is 0. The number of ether oxygens (including phenoxy) is 2. The van der Waals surface area contributed by atoms with E-state index in [1.165, 1.54) is 6.42 Å². The summed E-state index contributed by atoms with van der Waals surface area (Å²) in [4.78, 5) is 0. The van der Waals surface area contributed by atoms with Gasteiger partial charge in [0.1, 0.15) is 0 Å². The van der Waals surface area contributed by atoms with Gasteiger partial charge in [0.15, 0.2) is 6.29 Å². The van der Waals surface area contributed by atoms with Crippen LogP contribution in [0.4, 0.5) is 0 Å². The van der Waals surface area contributed by atoms with Crippen LogP contribution >= 0.6 is 0 Å². The Hall–Kier alpha value is -0.120. The normalized spacial score (nSPS) is 19.6. The third kappa shape index (κ3) is 6.13. The van der Waals surface area contributed by atoms with E-state index in [0.717, 1.165) is 51.7 Å². The van der Waals surface area contributed by atoms with Crippen LogP contribution in [0.5, 0.6) is 0 Å². The zero-order valence-electron chi connectivity index (χ0n) is 9.78. The van der Waals surface area contributed by atoms with Crippen LogP contribution in [-0.2, 0) is 9.47 Å². The van der Waals surface area contributed by atoms with Crippen LogP contribution in [0.25, 0.3) is 0 Å². The maximum absolute atomic E-state index is 9.61. The maximum atomic E-state index is 9.61. The van der Waals surface area contributed by atoms with Crippen molar-refractivity contribution in [3.63, 3.8) is 0 Å². The highest BCUT2D eigenvalue weighted by atomic mass is 16.7. The van der Waals surface area contributed by atoms with Gasteiger partial charge in [0, 0.05) is 0 Å². The second-order valence-electron chi connectivity index (χ2n) is 4.25. The van der Waals surface area contributed by atoms with Crippen molar-refractivity contribution in [1.82, 2.24) is 0 Å². The van der Waals surface area contributed by atoms with Gasteiger partial charge in [-0.15, -0.1) is 0 Å². The molecular weight excluding hydrogens is 192 g/mol. The first-order valence-electron chi connectivity index (χ1n) is 6.24. The van der Waals surface area contributed by atoms with Crippen molar-refractivity contribution < 1.29 is 14.6 Å². The van der Waals surface area contributed by atoms with Gasteiger partial charge in [-0.2, -0.15) is 0 Å². The molecule has 0 radical (unpaired) electrons. The lowest BCUT2D eigenvalue weighted by atomic mass is 10.1. The molecule has 3 nitrogen and oxygen atoms in total. The van der Waals surface area contributed by atoms with Gasteiger partial charge in [-0.1, -0.05) is 26.2 Å². The molecule has 0 spiro atoms. The van der Waals surface area contributed by atoms with E-state index in [1.807, 2.05) is 0 Å². The van der Waals surface area contributed by atoms with Gasteiger partial charge in [-0.25, -0.2) is 0 Å². The minimum absolute atomic E-state index is 0.0257. The molecule has 1 fully saturated rings. The molecule has 0 aliphatic carbocycles. The number of hydrogen-bond acceptors (Lipinski definition) is 3. The molecule has 90 valence electrons. The molecule has 0 aromatic carbocycles. The predicted molar refractivity (Wildman–Crippen MR) is 59.7 cm³/mol. The Bertz CT molecular complexity index is 144. The SMILES string of the molecule is CCCCC(O)CCCCC1OCCO1. The molecule has 0 saturated carbocycles. The number of hydrogen-bond donors (Lipinski definition) is 1. The average molecular weight is 216 g/mol. The summed E-state index contributed by atoms with van der Waals surface area (Å²) in [6.07, 6.45) is 7.24. The molecule has 1 aliphatic rings. The number of rotatable bonds is 8. The Morgan fingerprint density at radius 1 is 1.13 bits per heavy atom. The van der Waals surface area contributed by atoms with Crippen LogP contribution in [0.15, 0.2) is 0 Å². The lowest BCUT2D eigenvalue weighted by molar-refractivity contribution is -0.0484. The summed E-state index contributed by atoms with van der Waals surface area (Å²) in [5, 5.41) is 9.61. The summed E-state index contributed by atoms with van der Waals surface area (Å²) in [7, 11) is 0. The van der Waals surface area contributed by atoms with E-state index in [4.69, 9.17) is 9.47 Å².